The molecule has 1 atom stereocenters. The highest BCUT2D eigenvalue weighted by Gasteiger charge is 2.34. The summed E-state index contributed by atoms with van der Waals surface area (Å²) < 4.78 is 7.05. The number of hydrogen-bond donors (Lipinski definition) is 0. The number of para-hydroxylation sites is 3. The molecule has 3 aromatic carbocycles. The minimum Gasteiger partial charge on any atom is -0.455 e. The average molecular weight is 567 g/mol. The molecule has 0 radical (unpaired) electrons. The minimum atomic E-state index is -0.0590. The molecule has 3 aromatic rings. The van der Waals surface area contributed by atoms with Crippen molar-refractivity contribution in [3.05, 3.63) is 88.4 Å². The third-order valence-electron chi connectivity index (χ3n) is 5.14. The lowest BCUT2D eigenvalue weighted by Crippen LogP contribution is -2.53. The van der Waals surface area contributed by atoms with E-state index in [9.17, 15) is 4.79 Å². The molecule has 7 heteroatoms. The topological polar surface area (TPSA) is 32.8 Å². The highest BCUT2D eigenvalue weighted by Crippen LogP contribution is 2.35. The highest BCUT2D eigenvalue weighted by molar-refractivity contribution is 14.1. The summed E-state index contributed by atoms with van der Waals surface area (Å²) in [7, 11) is 0. The molecule has 160 valence electrons. The third-order valence-corrected chi connectivity index (χ3v) is 6.97. The number of amides is 2. The van der Waals surface area contributed by atoms with Gasteiger partial charge in [-0.25, -0.2) is 4.79 Å². The van der Waals surface area contributed by atoms with Crippen LogP contribution in [0.25, 0.3) is 0 Å². The molecule has 4 rings (SSSR count). The summed E-state index contributed by atoms with van der Waals surface area (Å²) in [5.74, 6) is 1.71. The summed E-state index contributed by atoms with van der Waals surface area (Å²) in [6.45, 7) is 1.75. The molecule has 1 fully saturated rings. The Bertz CT molecular complexity index is 1060. The molecule has 0 aliphatic carbocycles. The van der Waals surface area contributed by atoms with Crippen LogP contribution in [0, 0.1) is 5.92 Å². The Labute approximate surface area is 205 Å². The van der Waals surface area contributed by atoms with Crippen molar-refractivity contribution in [3.8, 4) is 11.5 Å². The zero-order chi connectivity index (χ0) is 21.8. The lowest BCUT2D eigenvalue weighted by Gasteiger charge is -2.40. The van der Waals surface area contributed by atoms with Gasteiger partial charge < -0.3 is 9.64 Å². The van der Waals surface area contributed by atoms with Crippen LogP contribution in [0.2, 0.25) is 10.0 Å². The Kier molecular flexibility index (Phi) is 7.25. The molecule has 0 aromatic heterocycles. The fraction of sp³-hybridized carbons (Fsp3) is 0.208. The van der Waals surface area contributed by atoms with Crippen LogP contribution in [-0.2, 0) is 6.54 Å². The predicted molar refractivity (Wildman–Crippen MR) is 135 cm³/mol. The van der Waals surface area contributed by atoms with Crippen LogP contribution in [0.4, 0.5) is 10.5 Å². The van der Waals surface area contributed by atoms with E-state index < -0.39 is 0 Å². The first-order chi connectivity index (χ1) is 15.0. The zero-order valence-electron chi connectivity index (χ0n) is 16.7. The first-order valence-corrected chi connectivity index (χ1v) is 12.2. The molecule has 31 heavy (non-hydrogen) atoms. The Hall–Kier alpha value is -1.96. The fourth-order valence-electron chi connectivity index (χ4n) is 3.62. The maximum atomic E-state index is 13.5. The number of nitrogens with zero attached hydrogens (tertiary/aromatic N) is 2. The molecule has 1 heterocycles. The van der Waals surface area contributed by atoms with Crippen LogP contribution in [0.3, 0.4) is 0 Å². The van der Waals surface area contributed by atoms with Gasteiger partial charge in [0.1, 0.15) is 5.75 Å². The second-order valence-corrected chi connectivity index (χ2v) is 9.14. The van der Waals surface area contributed by atoms with E-state index in [2.05, 4.69) is 22.6 Å². The number of carbonyl (C=O) groups is 1. The van der Waals surface area contributed by atoms with E-state index in [1.807, 2.05) is 70.5 Å². The van der Waals surface area contributed by atoms with Gasteiger partial charge >= 0.3 is 6.03 Å². The number of rotatable bonds is 6. The number of alkyl halides is 1. The van der Waals surface area contributed by atoms with E-state index in [-0.39, 0.29) is 6.03 Å². The van der Waals surface area contributed by atoms with Crippen molar-refractivity contribution in [2.75, 3.05) is 22.4 Å². The normalized spacial score (nSPS) is 16.5. The van der Waals surface area contributed by atoms with Crippen LogP contribution >= 0.6 is 45.8 Å². The van der Waals surface area contributed by atoms with Crippen molar-refractivity contribution in [1.82, 2.24) is 4.90 Å². The van der Waals surface area contributed by atoms with Crippen molar-refractivity contribution >= 4 is 57.5 Å². The van der Waals surface area contributed by atoms with Gasteiger partial charge in [0.2, 0.25) is 0 Å². The Morgan fingerprint density at radius 3 is 2.45 bits per heavy atom. The van der Waals surface area contributed by atoms with Gasteiger partial charge in [-0.05, 0) is 42.0 Å². The summed E-state index contributed by atoms with van der Waals surface area (Å²) in [6.07, 6.45) is 0. The number of carbonyl (C=O) groups excluding carboxylic acids is 1. The Morgan fingerprint density at radius 2 is 1.71 bits per heavy atom. The first kappa shape index (κ1) is 22.2. The van der Waals surface area contributed by atoms with Gasteiger partial charge in [0, 0.05) is 40.0 Å². The Balaban J connectivity index is 1.63. The van der Waals surface area contributed by atoms with E-state index in [1.54, 1.807) is 12.1 Å². The van der Waals surface area contributed by atoms with Gasteiger partial charge in [0.15, 0.2) is 5.75 Å². The van der Waals surface area contributed by atoms with Gasteiger partial charge in [0.25, 0.3) is 0 Å². The molecular weight excluding hydrogens is 546 g/mol. The molecule has 1 aliphatic rings. The van der Waals surface area contributed by atoms with E-state index >= 15 is 0 Å². The first-order valence-electron chi connectivity index (χ1n) is 9.93. The van der Waals surface area contributed by atoms with E-state index in [1.165, 1.54) is 0 Å². The monoisotopic (exact) mass is 566 g/mol. The molecule has 0 bridgehead atoms. The van der Waals surface area contributed by atoms with Crippen LogP contribution in [0.1, 0.15) is 5.56 Å². The molecule has 0 N–H and O–H groups in total. The largest absolute Gasteiger partial charge is 0.455 e. The number of halogens is 3. The third kappa shape index (κ3) is 5.27. The van der Waals surface area contributed by atoms with Gasteiger partial charge in [0.05, 0.1) is 5.69 Å². The standard InChI is InChI=1S/C24H21Cl2IN2O2/c25-19-11-10-18(21(26)12-19)16-28-14-17(13-27)15-29(24(28)30)22-8-4-5-9-23(22)31-20-6-2-1-3-7-20/h1-12,17H,13-16H2. The zero-order valence-corrected chi connectivity index (χ0v) is 20.3. The summed E-state index contributed by atoms with van der Waals surface area (Å²) in [5, 5.41) is 1.15. The second-order valence-electron chi connectivity index (χ2n) is 7.41. The second kappa shape index (κ2) is 10.1. The molecule has 1 unspecified atom stereocenters. The molecule has 1 aliphatic heterocycles. The average Bonchev–Trinajstić information content (AvgIpc) is 2.78. The summed E-state index contributed by atoms with van der Waals surface area (Å²) >= 11 is 14.8. The SMILES string of the molecule is O=C1N(Cc2ccc(Cl)cc2Cl)CC(CI)CN1c1ccccc1Oc1ccccc1. The number of ether oxygens (including phenoxy) is 1. The molecule has 4 nitrogen and oxygen atoms in total. The predicted octanol–water partition coefficient (Wildman–Crippen LogP) is 7.28. The van der Waals surface area contributed by atoms with Crippen LogP contribution in [0.15, 0.2) is 72.8 Å². The van der Waals surface area contributed by atoms with Crippen molar-refractivity contribution in [3.63, 3.8) is 0 Å². The van der Waals surface area contributed by atoms with Gasteiger partial charge in [-0.1, -0.05) is 82.2 Å². The van der Waals surface area contributed by atoms with Gasteiger partial charge in [-0.2, -0.15) is 0 Å². The molecule has 0 spiro atoms. The quantitative estimate of drug-likeness (QED) is 0.232. The molecule has 1 saturated heterocycles. The molecular formula is C24H21Cl2IN2O2. The van der Waals surface area contributed by atoms with Crippen molar-refractivity contribution in [1.29, 1.82) is 0 Å². The van der Waals surface area contributed by atoms with Gasteiger partial charge in [-0.15, -0.1) is 0 Å². The smallest absolute Gasteiger partial charge is 0.324 e. The minimum absolute atomic E-state index is 0.0590. The summed E-state index contributed by atoms with van der Waals surface area (Å²) in [6, 6.07) is 22.6. The highest BCUT2D eigenvalue weighted by atomic mass is 127. The maximum Gasteiger partial charge on any atom is 0.324 e. The summed E-state index contributed by atoms with van der Waals surface area (Å²) in [4.78, 5) is 17.2. The number of benzene rings is 3. The molecule has 0 saturated carbocycles. The van der Waals surface area contributed by atoms with Crippen LogP contribution < -0.4 is 9.64 Å². The van der Waals surface area contributed by atoms with Crippen molar-refractivity contribution in [2.45, 2.75) is 6.54 Å². The fourth-order valence-corrected chi connectivity index (χ4v) is 4.65. The van der Waals surface area contributed by atoms with Crippen molar-refractivity contribution < 1.29 is 9.53 Å². The van der Waals surface area contributed by atoms with Crippen molar-refractivity contribution in [2.24, 2.45) is 5.92 Å². The van der Waals surface area contributed by atoms with E-state index in [0.717, 1.165) is 21.4 Å². The summed E-state index contributed by atoms with van der Waals surface area (Å²) in [5.41, 5.74) is 1.64. The van der Waals surface area contributed by atoms with E-state index in [0.29, 0.717) is 41.3 Å². The molecule has 2 amide bonds. The Morgan fingerprint density at radius 1 is 0.968 bits per heavy atom. The van der Waals surface area contributed by atoms with Crippen LogP contribution in [0.5, 0.6) is 11.5 Å². The van der Waals surface area contributed by atoms with Crippen LogP contribution in [-0.4, -0.2) is 28.4 Å². The number of urea groups is 1. The number of anilines is 1. The van der Waals surface area contributed by atoms with Gasteiger partial charge in [-0.3, -0.25) is 4.90 Å². The lowest BCUT2D eigenvalue weighted by molar-refractivity contribution is 0.179. The maximum absolute atomic E-state index is 13.5. The van der Waals surface area contributed by atoms with E-state index in [4.69, 9.17) is 27.9 Å². The lowest BCUT2D eigenvalue weighted by atomic mass is 10.1. The number of hydrogen-bond acceptors (Lipinski definition) is 2.